The molecule has 1 aromatic heterocycles. The molecule has 2 fully saturated rings. The highest BCUT2D eigenvalue weighted by Crippen LogP contribution is 2.24. The summed E-state index contributed by atoms with van der Waals surface area (Å²) in [6.07, 6.45) is 0.322. The highest BCUT2D eigenvalue weighted by Gasteiger charge is 2.26. The average Bonchev–Trinajstić information content (AvgIpc) is 2.91. The highest BCUT2D eigenvalue weighted by atomic mass is 32.2. The number of hydrogen-bond donors (Lipinski definition) is 2. The molecular formula is C11H16N4O3S. The van der Waals surface area contributed by atoms with Crippen molar-refractivity contribution in [2.75, 3.05) is 31.2 Å². The molecule has 7 nitrogen and oxygen atoms in total. The summed E-state index contributed by atoms with van der Waals surface area (Å²) in [5, 5.41) is 9.88. The van der Waals surface area contributed by atoms with Gasteiger partial charge in [0.1, 0.15) is 6.10 Å². The fourth-order valence-electron chi connectivity index (χ4n) is 2.11. The molecule has 2 atom stereocenters. The van der Waals surface area contributed by atoms with Crippen LogP contribution in [-0.4, -0.2) is 53.3 Å². The molecule has 2 aliphatic rings. The number of carbonyl (C=O) groups excluding carboxylic acids is 1. The number of rotatable bonds is 3. The van der Waals surface area contributed by atoms with E-state index in [4.69, 9.17) is 9.26 Å². The topological polar surface area (TPSA) is 89.3 Å². The van der Waals surface area contributed by atoms with Gasteiger partial charge in [0.05, 0.1) is 19.1 Å². The van der Waals surface area contributed by atoms with Crippen LogP contribution in [0.4, 0.5) is 0 Å². The molecule has 104 valence electrons. The van der Waals surface area contributed by atoms with E-state index < -0.39 is 0 Å². The first-order chi connectivity index (χ1) is 9.33. The van der Waals surface area contributed by atoms with Crippen molar-refractivity contribution in [3.8, 4) is 0 Å². The SMILES string of the molecule is O=C1NCCNC1Cc1nc(C2CSCCO2)no1. The summed E-state index contributed by atoms with van der Waals surface area (Å²) in [5.41, 5.74) is 0. The van der Waals surface area contributed by atoms with Gasteiger partial charge in [0.15, 0.2) is 0 Å². The molecule has 19 heavy (non-hydrogen) atoms. The standard InChI is InChI=1S/C11H16N4O3S/c16-11-7(12-1-2-13-11)5-9-14-10(15-18-9)8-6-19-4-3-17-8/h7-8,12H,1-6H2,(H,13,16). The summed E-state index contributed by atoms with van der Waals surface area (Å²) < 4.78 is 10.8. The van der Waals surface area contributed by atoms with Crippen molar-refractivity contribution in [1.82, 2.24) is 20.8 Å². The molecule has 0 radical (unpaired) electrons. The smallest absolute Gasteiger partial charge is 0.237 e. The van der Waals surface area contributed by atoms with Gasteiger partial charge in [0.25, 0.3) is 0 Å². The van der Waals surface area contributed by atoms with Crippen LogP contribution in [0, 0.1) is 0 Å². The van der Waals surface area contributed by atoms with Crippen LogP contribution >= 0.6 is 11.8 Å². The van der Waals surface area contributed by atoms with Gasteiger partial charge in [-0.25, -0.2) is 0 Å². The second kappa shape index (κ2) is 5.89. The van der Waals surface area contributed by atoms with Crippen LogP contribution in [0.2, 0.25) is 0 Å². The first-order valence-electron chi connectivity index (χ1n) is 6.36. The largest absolute Gasteiger partial charge is 0.368 e. The van der Waals surface area contributed by atoms with Crippen LogP contribution < -0.4 is 10.6 Å². The van der Waals surface area contributed by atoms with Gasteiger partial charge in [0.2, 0.25) is 17.6 Å². The summed E-state index contributed by atoms with van der Waals surface area (Å²) in [5.74, 6) is 2.90. The molecule has 0 saturated carbocycles. The summed E-state index contributed by atoms with van der Waals surface area (Å²) in [6, 6.07) is -0.288. The number of piperazine rings is 1. The van der Waals surface area contributed by atoms with Crippen LogP contribution in [0.15, 0.2) is 4.52 Å². The van der Waals surface area contributed by atoms with Crippen molar-refractivity contribution >= 4 is 17.7 Å². The molecule has 1 amide bonds. The summed E-state index contributed by atoms with van der Waals surface area (Å²) in [4.78, 5) is 15.9. The number of hydrogen-bond acceptors (Lipinski definition) is 7. The Kier molecular flexibility index (Phi) is 4.00. The minimum Gasteiger partial charge on any atom is -0.368 e. The Morgan fingerprint density at radius 3 is 3.16 bits per heavy atom. The lowest BCUT2D eigenvalue weighted by Crippen LogP contribution is -2.53. The summed E-state index contributed by atoms with van der Waals surface area (Å²) in [6.45, 7) is 2.14. The van der Waals surface area contributed by atoms with E-state index in [-0.39, 0.29) is 18.1 Å². The predicted octanol–water partition coefficient (Wildman–Crippen LogP) is -0.495. The van der Waals surface area contributed by atoms with Gasteiger partial charge in [0, 0.05) is 24.6 Å². The number of ether oxygens (including phenoxy) is 1. The number of nitrogens with one attached hydrogen (secondary N) is 2. The molecule has 0 aliphatic carbocycles. The van der Waals surface area contributed by atoms with Crippen LogP contribution in [0.25, 0.3) is 0 Å². The molecule has 0 spiro atoms. The zero-order valence-electron chi connectivity index (χ0n) is 10.4. The van der Waals surface area contributed by atoms with E-state index in [0.717, 1.165) is 18.1 Å². The number of carbonyl (C=O) groups is 1. The van der Waals surface area contributed by atoms with Crippen molar-refractivity contribution in [3.63, 3.8) is 0 Å². The van der Waals surface area contributed by atoms with Crippen LogP contribution in [0.3, 0.4) is 0 Å². The molecule has 0 bridgehead atoms. The molecule has 1 aromatic rings. The fourth-order valence-corrected chi connectivity index (χ4v) is 2.95. The maximum absolute atomic E-state index is 11.6. The minimum atomic E-state index is -0.288. The maximum Gasteiger partial charge on any atom is 0.237 e. The van der Waals surface area contributed by atoms with Crippen LogP contribution in [0.5, 0.6) is 0 Å². The van der Waals surface area contributed by atoms with E-state index in [9.17, 15) is 4.79 Å². The van der Waals surface area contributed by atoms with Gasteiger partial charge in [-0.05, 0) is 0 Å². The summed E-state index contributed by atoms with van der Waals surface area (Å²) >= 11 is 1.82. The molecule has 8 heteroatoms. The van der Waals surface area contributed by atoms with E-state index in [1.807, 2.05) is 11.8 Å². The second-order valence-electron chi connectivity index (χ2n) is 4.48. The van der Waals surface area contributed by atoms with Gasteiger partial charge in [-0.2, -0.15) is 16.7 Å². The molecule has 2 unspecified atom stereocenters. The molecule has 3 rings (SSSR count). The van der Waals surface area contributed by atoms with Gasteiger partial charge >= 0.3 is 0 Å². The first-order valence-corrected chi connectivity index (χ1v) is 7.51. The zero-order valence-corrected chi connectivity index (χ0v) is 11.2. The van der Waals surface area contributed by atoms with E-state index in [0.29, 0.717) is 31.3 Å². The van der Waals surface area contributed by atoms with Crippen LogP contribution in [-0.2, 0) is 16.0 Å². The van der Waals surface area contributed by atoms with Crippen molar-refractivity contribution < 1.29 is 14.1 Å². The number of aromatic nitrogens is 2. The van der Waals surface area contributed by atoms with E-state index in [1.165, 1.54) is 0 Å². The molecule has 2 saturated heterocycles. The fraction of sp³-hybridized carbons (Fsp3) is 0.727. The normalized spacial score (nSPS) is 28.1. The second-order valence-corrected chi connectivity index (χ2v) is 5.63. The van der Waals surface area contributed by atoms with Crippen molar-refractivity contribution in [2.45, 2.75) is 18.6 Å². The Hall–Kier alpha value is -1.12. The average molecular weight is 284 g/mol. The van der Waals surface area contributed by atoms with Gasteiger partial charge in [-0.15, -0.1) is 0 Å². The van der Waals surface area contributed by atoms with Gasteiger partial charge in [-0.3, -0.25) is 4.79 Å². The third-order valence-corrected chi connectivity index (χ3v) is 4.09. The lowest BCUT2D eigenvalue weighted by molar-refractivity contribution is -0.124. The monoisotopic (exact) mass is 284 g/mol. The third kappa shape index (κ3) is 3.07. The first kappa shape index (κ1) is 12.9. The summed E-state index contributed by atoms with van der Waals surface area (Å²) in [7, 11) is 0. The Morgan fingerprint density at radius 2 is 2.37 bits per heavy atom. The van der Waals surface area contributed by atoms with Crippen molar-refractivity contribution in [3.05, 3.63) is 11.7 Å². The molecule has 2 N–H and O–H groups in total. The predicted molar refractivity (Wildman–Crippen MR) is 68.8 cm³/mol. The lowest BCUT2D eigenvalue weighted by atomic mass is 10.1. The molecule has 3 heterocycles. The van der Waals surface area contributed by atoms with Crippen molar-refractivity contribution in [1.29, 1.82) is 0 Å². The Balaban J connectivity index is 1.62. The van der Waals surface area contributed by atoms with E-state index >= 15 is 0 Å². The van der Waals surface area contributed by atoms with E-state index in [1.54, 1.807) is 0 Å². The minimum absolute atomic E-state index is 0.0181. The maximum atomic E-state index is 11.6. The van der Waals surface area contributed by atoms with E-state index in [2.05, 4.69) is 20.8 Å². The van der Waals surface area contributed by atoms with Crippen LogP contribution in [0.1, 0.15) is 17.8 Å². The molecule has 0 aromatic carbocycles. The van der Waals surface area contributed by atoms with Crippen molar-refractivity contribution in [2.24, 2.45) is 0 Å². The number of thioether (sulfide) groups is 1. The molecule has 2 aliphatic heterocycles. The quantitative estimate of drug-likeness (QED) is 0.773. The van der Waals surface area contributed by atoms with Gasteiger partial charge in [-0.1, -0.05) is 5.16 Å². The van der Waals surface area contributed by atoms with Gasteiger partial charge < -0.3 is 19.9 Å². The number of amides is 1. The Morgan fingerprint density at radius 1 is 1.42 bits per heavy atom. The molecular weight excluding hydrogens is 268 g/mol. The Bertz CT molecular complexity index is 447. The Labute approximate surface area is 114 Å². The zero-order chi connectivity index (χ0) is 13.1. The number of nitrogens with zero attached hydrogens (tertiary/aromatic N) is 2. The highest BCUT2D eigenvalue weighted by molar-refractivity contribution is 7.99. The lowest BCUT2D eigenvalue weighted by Gasteiger charge is -2.21. The third-order valence-electron chi connectivity index (χ3n) is 3.10.